The van der Waals surface area contributed by atoms with E-state index in [0.29, 0.717) is 36.0 Å². The van der Waals surface area contributed by atoms with Gasteiger partial charge in [-0.2, -0.15) is 13.2 Å². The number of aromatic nitrogens is 2. The maximum atomic E-state index is 14.5. The zero-order valence-electron chi connectivity index (χ0n) is 20.4. The highest BCUT2D eigenvalue weighted by atomic mass is 35.5. The lowest BCUT2D eigenvalue weighted by atomic mass is 10.00. The van der Waals surface area contributed by atoms with Gasteiger partial charge in [-0.1, -0.05) is 35.9 Å². The molecule has 0 unspecified atom stereocenters. The number of nitrogens with zero attached hydrogens (tertiary/aromatic N) is 3. The number of hydrogen-bond acceptors (Lipinski definition) is 3. The number of pyridine rings is 1. The van der Waals surface area contributed by atoms with Crippen molar-refractivity contribution in [1.29, 1.82) is 0 Å². The second-order valence-corrected chi connectivity index (χ2v) is 9.58. The van der Waals surface area contributed by atoms with Crippen molar-refractivity contribution in [1.82, 2.24) is 19.8 Å². The Bertz CT molecular complexity index is 1560. The third kappa shape index (κ3) is 5.81. The third-order valence-electron chi connectivity index (χ3n) is 6.58. The third-order valence-corrected chi connectivity index (χ3v) is 6.78. The van der Waals surface area contributed by atoms with Gasteiger partial charge in [-0.05, 0) is 53.1 Å². The van der Waals surface area contributed by atoms with Crippen LogP contribution in [0.5, 0.6) is 0 Å². The minimum Gasteiger partial charge on any atom is -0.333 e. The summed E-state index contributed by atoms with van der Waals surface area (Å²) in [4.78, 5) is 19.1. The second kappa shape index (κ2) is 10.8. The summed E-state index contributed by atoms with van der Waals surface area (Å²) in [7, 11) is 0. The van der Waals surface area contributed by atoms with Crippen molar-refractivity contribution in [2.45, 2.75) is 25.7 Å². The Morgan fingerprint density at radius 2 is 1.85 bits per heavy atom. The number of carbonyl (C=O) groups is 1. The Labute approximate surface area is 225 Å². The van der Waals surface area contributed by atoms with Gasteiger partial charge in [-0.25, -0.2) is 18.6 Å². The molecule has 0 atom stereocenters. The number of halogens is 6. The Kier molecular flexibility index (Phi) is 7.42. The van der Waals surface area contributed by atoms with E-state index in [9.17, 15) is 26.7 Å². The van der Waals surface area contributed by atoms with Crippen molar-refractivity contribution in [2.75, 3.05) is 13.1 Å². The van der Waals surface area contributed by atoms with Crippen LogP contribution in [0.25, 0.3) is 17.0 Å². The summed E-state index contributed by atoms with van der Waals surface area (Å²) < 4.78 is 70.9. The van der Waals surface area contributed by atoms with E-state index in [0.717, 1.165) is 16.2 Å². The van der Waals surface area contributed by atoms with Crippen LogP contribution in [0.1, 0.15) is 27.9 Å². The highest BCUT2D eigenvalue weighted by Crippen LogP contribution is 2.41. The molecule has 11 heteroatoms. The maximum absolute atomic E-state index is 14.5. The molecule has 3 heterocycles. The first-order valence-electron chi connectivity index (χ1n) is 12.1. The molecule has 1 aliphatic rings. The molecule has 1 N–H and O–H groups in total. The van der Waals surface area contributed by atoms with Gasteiger partial charge in [0.25, 0.3) is 0 Å². The van der Waals surface area contributed by atoms with Crippen molar-refractivity contribution in [3.8, 4) is 0 Å². The van der Waals surface area contributed by atoms with Crippen molar-refractivity contribution in [2.24, 2.45) is 0 Å². The lowest BCUT2D eigenvalue weighted by Gasteiger charge is -2.27. The number of alkyl halides is 3. The first-order chi connectivity index (χ1) is 18.6. The topological polar surface area (TPSA) is 50.2 Å². The zero-order valence-corrected chi connectivity index (χ0v) is 21.2. The zero-order chi connectivity index (χ0) is 27.7. The number of nitrogens with one attached hydrogen (secondary N) is 1. The summed E-state index contributed by atoms with van der Waals surface area (Å²) in [5, 5.41) is 2.74. The van der Waals surface area contributed by atoms with E-state index in [1.165, 1.54) is 18.3 Å². The van der Waals surface area contributed by atoms with E-state index in [1.54, 1.807) is 30.3 Å². The lowest BCUT2D eigenvalue weighted by molar-refractivity contribution is -0.136. The molecule has 0 spiro atoms. The van der Waals surface area contributed by atoms with E-state index in [-0.39, 0.29) is 41.4 Å². The summed E-state index contributed by atoms with van der Waals surface area (Å²) in [6.45, 7) is 1.07. The van der Waals surface area contributed by atoms with Gasteiger partial charge in [-0.15, -0.1) is 0 Å². The molecule has 0 bridgehead atoms. The second-order valence-electron chi connectivity index (χ2n) is 9.19. The van der Waals surface area contributed by atoms with Crippen LogP contribution in [-0.4, -0.2) is 33.6 Å². The predicted molar refractivity (Wildman–Crippen MR) is 138 cm³/mol. The smallest absolute Gasteiger partial charge is 0.333 e. The van der Waals surface area contributed by atoms with Crippen molar-refractivity contribution >= 4 is 34.6 Å². The molecular weight excluding hydrogens is 539 g/mol. The van der Waals surface area contributed by atoms with Gasteiger partial charge in [-0.3, -0.25) is 9.47 Å². The number of hydrogen-bond donors (Lipinski definition) is 1. The van der Waals surface area contributed by atoms with Crippen LogP contribution >= 0.6 is 11.6 Å². The number of benzene rings is 2. The Morgan fingerprint density at radius 1 is 1.08 bits per heavy atom. The lowest BCUT2D eigenvalue weighted by Crippen LogP contribution is -2.34. The fraction of sp³-hybridized carbons (Fsp3) is 0.214. The summed E-state index contributed by atoms with van der Waals surface area (Å²) in [6.07, 6.45) is 0.569. The van der Waals surface area contributed by atoms with Crippen LogP contribution in [0, 0.1) is 11.6 Å². The minimum atomic E-state index is -4.82. The normalized spacial score (nSPS) is 14.2. The molecule has 0 saturated carbocycles. The Balaban J connectivity index is 1.48. The van der Waals surface area contributed by atoms with Gasteiger partial charge in [0.2, 0.25) is 0 Å². The Morgan fingerprint density at radius 3 is 2.56 bits per heavy atom. The average Bonchev–Trinajstić information content (AvgIpc) is 3.20. The number of carbonyl (C=O) groups excluding carboxylic acids is 1. The molecule has 0 fully saturated rings. The highest BCUT2D eigenvalue weighted by molar-refractivity contribution is 6.29. The number of fused-ring (bicyclic) bond motifs is 3. The quantitative estimate of drug-likeness (QED) is 0.215. The van der Waals surface area contributed by atoms with Crippen LogP contribution in [0.2, 0.25) is 5.15 Å². The molecule has 5 nitrogen and oxygen atoms in total. The van der Waals surface area contributed by atoms with E-state index in [4.69, 9.17) is 11.6 Å². The van der Waals surface area contributed by atoms with Gasteiger partial charge in [0, 0.05) is 49.9 Å². The van der Waals surface area contributed by atoms with Crippen LogP contribution in [-0.2, 0) is 25.7 Å². The van der Waals surface area contributed by atoms with Crippen LogP contribution < -0.4 is 5.32 Å². The Hall–Kier alpha value is -3.76. The summed E-state index contributed by atoms with van der Waals surface area (Å²) in [6, 6.07) is 9.89. The standard InChI is InChI=1S/C28H22ClF5N4O/c29-25-12-18(7-9-35-25)15-36-27(39)38-23-8-11-37(10-1-2-17-3-5-19(30)6-4-17)16-21(23)26-22(28(32,33)34)13-20(31)14-24(26)38/h1-7,9,12-14H,8,10-11,15-16H2,(H,36,39)/b2-1+. The van der Waals surface area contributed by atoms with Gasteiger partial charge in [0.1, 0.15) is 16.8 Å². The summed E-state index contributed by atoms with van der Waals surface area (Å²) in [5.74, 6) is -1.43. The first kappa shape index (κ1) is 26.8. The molecule has 2 aromatic heterocycles. The number of rotatable bonds is 5. The molecule has 4 aromatic rings. The molecule has 0 radical (unpaired) electrons. The monoisotopic (exact) mass is 560 g/mol. The molecule has 0 aliphatic carbocycles. The van der Waals surface area contributed by atoms with Crippen LogP contribution in [0.4, 0.5) is 26.7 Å². The fourth-order valence-corrected chi connectivity index (χ4v) is 5.04. The maximum Gasteiger partial charge on any atom is 0.417 e. The molecule has 1 aliphatic heterocycles. The highest BCUT2D eigenvalue weighted by Gasteiger charge is 2.38. The van der Waals surface area contributed by atoms with Crippen molar-refractivity contribution in [3.05, 3.63) is 106 Å². The summed E-state index contributed by atoms with van der Waals surface area (Å²) >= 11 is 5.90. The predicted octanol–water partition coefficient (Wildman–Crippen LogP) is 6.82. The van der Waals surface area contributed by atoms with Gasteiger partial charge in [0.05, 0.1) is 11.1 Å². The van der Waals surface area contributed by atoms with E-state index in [2.05, 4.69) is 10.3 Å². The first-order valence-corrected chi connectivity index (χ1v) is 12.4. The SMILES string of the molecule is O=C(NCc1ccnc(Cl)c1)n1c2c(c3c(C(F)(F)F)cc(F)cc31)CN(C/C=C/c1ccc(F)cc1)CC2. The van der Waals surface area contributed by atoms with E-state index in [1.807, 2.05) is 11.0 Å². The molecule has 5 rings (SSSR count). The van der Waals surface area contributed by atoms with E-state index >= 15 is 0 Å². The van der Waals surface area contributed by atoms with Crippen LogP contribution in [0.15, 0.2) is 60.8 Å². The molecular formula is C28H22ClF5N4O. The number of amides is 1. The minimum absolute atomic E-state index is 0.0528. The van der Waals surface area contributed by atoms with Crippen molar-refractivity contribution in [3.63, 3.8) is 0 Å². The van der Waals surface area contributed by atoms with Crippen molar-refractivity contribution < 1.29 is 26.7 Å². The molecule has 202 valence electrons. The molecule has 1 amide bonds. The fourth-order valence-electron chi connectivity index (χ4n) is 4.84. The van der Waals surface area contributed by atoms with Gasteiger partial charge in [0.15, 0.2) is 0 Å². The molecule has 0 saturated heterocycles. The van der Waals surface area contributed by atoms with Gasteiger partial charge < -0.3 is 5.32 Å². The van der Waals surface area contributed by atoms with Crippen LogP contribution in [0.3, 0.4) is 0 Å². The summed E-state index contributed by atoms with van der Waals surface area (Å²) in [5.41, 5.74) is 0.917. The molecule has 39 heavy (non-hydrogen) atoms. The largest absolute Gasteiger partial charge is 0.417 e. The van der Waals surface area contributed by atoms with Gasteiger partial charge >= 0.3 is 12.2 Å². The molecule has 2 aromatic carbocycles. The van der Waals surface area contributed by atoms with E-state index < -0.39 is 23.6 Å². The average molecular weight is 561 g/mol.